The van der Waals surface area contributed by atoms with Crippen LogP contribution in [0.3, 0.4) is 0 Å². The zero-order valence-corrected chi connectivity index (χ0v) is 20.4. The van der Waals surface area contributed by atoms with E-state index in [1.165, 1.54) is 6.07 Å². The Balaban J connectivity index is 1.32. The minimum absolute atomic E-state index is 0.0182. The standard InChI is InChI=1S/C24H34FN3O5S/c1-16(18-7-8-19(25)22(14-18)33-15-17-5-6-17)21-4-2-12-28(21)34(31,32)13-3-11-26-20-9-10-23(29)27-24(20)30/h7-8,14,16-17,20-21,26H,2-6,9-13,15H2,1H3,(H,27,29,30). The van der Waals surface area contributed by atoms with Crippen LogP contribution < -0.4 is 15.4 Å². The highest BCUT2D eigenvalue weighted by atomic mass is 32.2. The van der Waals surface area contributed by atoms with Gasteiger partial charge in [-0.05, 0) is 74.6 Å². The largest absolute Gasteiger partial charge is 0.490 e. The van der Waals surface area contributed by atoms with Crippen LogP contribution >= 0.6 is 0 Å². The first-order chi connectivity index (χ1) is 16.2. The first-order valence-electron chi connectivity index (χ1n) is 12.2. The van der Waals surface area contributed by atoms with Gasteiger partial charge in [0.25, 0.3) is 0 Å². The summed E-state index contributed by atoms with van der Waals surface area (Å²) < 4.78 is 47.8. The SMILES string of the molecule is CC(c1ccc(F)c(OCC2CC2)c1)C1CCCN1S(=O)(=O)CCCNC1CCC(=O)NC1=O. The number of rotatable bonds is 11. The number of benzene rings is 1. The normalized spacial score (nSPS) is 24.8. The molecule has 1 aromatic rings. The molecule has 188 valence electrons. The van der Waals surface area contributed by atoms with E-state index >= 15 is 0 Å². The number of halogens is 1. The highest BCUT2D eigenvalue weighted by Crippen LogP contribution is 2.36. The van der Waals surface area contributed by atoms with Crippen molar-refractivity contribution >= 4 is 21.8 Å². The summed E-state index contributed by atoms with van der Waals surface area (Å²) in [6.07, 6.45) is 4.86. The van der Waals surface area contributed by atoms with Gasteiger partial charge in [-0.25, -0.2) is 12.8 Å². The van der Waals surface area contributed by atoms with Gasteiger partial charge in [-0.3, -0.25) is 14.9 Å². The van der Waals surface area contributed by atoms with Crippen molar-refractivity contribution in [2.75, 3.05) is 25.4 Å². The van der Waals surface area contributed by atoms with Crippen LogP contribution in [0, 0.1) is 11.7 Å². The smallest absolute Gasteiger partial charge is 0.243 e. The Morgan fingerprint density at radius 1 is 1.24 bits per heavy atom. The van der Waals surface area contributed by atoms with Gasteiger partial charge in [0, 0.05) is 19.0 Å². The zero-order valence-electron chi connectivity index (χ0n) is 19.6. The van der Waals surface area contributed by atoms with E-state index in [1.807, 2.05) is 6.92 Å². The Morgan fingerprint density at radius 2 is 2.03 bits per heavy atom. The molecule has 0 spiro atoms. The fourth-order valence-electron chi connectivity index (χ4n) is 4.78. The molecule has 2 aliphatic heterocycles. The summed E-state index contributed by atoms with van der Waals surface area (Å²) in [7, 11) is -3.49. The van der Waals surface area contributed by atoms with Crippen molar-refractivity contribution in [3.8, 4) is 5.75 Å². The highest BCUT2D eigenvalue weighted by Gasteiger charge is 2.37. The summed E-state index contributed by atoms with van der Waals surface area (Å²) in [5.74, 6) is -0.382. The second kappa shape index (κ2) is 10.7. The number of amides is 2. The average molecular weight is 496 g/mol. The Hall–Kier alpha value is -2.04. The van der Waals surface area contributed by atoms with Gasteiger partial charge in [0.1, 0.15) is 0 Å². The number of hydrogen-bond acceptors (Lipinski definition) is 6. The van der Waals surface area contributed by atoms with Crippen LogP contribution in [-0.4, -0.2) is 62.1 Å². The second-order valence-electron chi connectivity index (χ2n) is 9.68. The Morgan fingerprint density at radius 3 is 2.76 bits per heavy atom. The molecule has 2 amide bonds. The molecule has 3 fully saturated rings. The topological polar surface area (TPSA) is 105 Å². The van der Waals surface area contributed by atoms with Gasteiger partial charge in [-0.2, -0.15) is 4.31 Å². The molecule has 8 nitrogen and oxygen atoms in total. The Kier molecular flexibility index (Phi) is 7.89. The molecular weight excluding hydrogens is 461 g/mol. The van der Waals surface area contributed by atoms with E-state index < -0.39 is 21.9 Å². The quantitative estimate of drug-likeness (QED) is 0.361. The maximum absolute atomic E-state index is 14.2. The fraction of sp³-hybridized carbons (Fsp3) is 0.667. The predicted molar refractivity (Wildman–Crippen MR) is 125 cm³/mol. The number of carbonyl (C=O) groups excluding carboxylic acids is 2. The lowest BCUT2D eigenvalue weighted by molar-refractivity contribution is -0.134. The van der Waals surface area contributed by atoms with Crippen molar-refractivity contribution in [1.29, 1.82) is 0 Å². The molecule has 0 bridgehead atoms. The number of hydrogen-bond donors (Lipinski definition) is 2. The number of piperidine rings is 1. The van der Waals surface area contributed by atoms with Gasteiger partial charge in [-0.1, -0.05) is 13.0 Å². The summed E-state index contributed by atoms with van der Waals surface area (Å²) in [6, 6.07) is 4.19. The zero-order chi connectivity index (χ0) is 24.3. The third-order valence-corrected chi connectivity index (χ3v) is 9.02. The summed E-state index contributed by atoms with van der Waals surface area (Å²) in [5, 5.41) is 5.34. The first-order valence-corrected chi connectivity index (χ1v) is 13.8. The maximum atomic E-state index is 14.2. The molecule has 1 saturated carbocycles. The molecule has 3 unspecified atom stereocenters. The van der Waals surface area contributed by atoms with Crippen LogP contribution in [0.5, 0.6) is 5.75 Å². The number of sulfonamides is 1. The number of nitrogens with zero attached hydrogens (tertiary/aromatic N) is 1. The molecule has 2 saturated heterocycles. The molecule has 1 aliphatic carbocycles. The Labute approximate surface area is 200 Å². The van der Waals surface area contributed by atoms with Crippen molar-refractivity contribution in [1.82, 2.24) is 14.9 Å². The molecule has 10 heteroatoms. The fourth-order valence-corrected chi connectivity index (χ4v) is 6.63. The van der Waals surface area contributed by atoms with Crippen LogP contribution in [0.4, 0.5) is 4.39 Å². The lowest BCUT2D eigenvalue weighted by atomic mass is 9.92. The van der Waals surface area contributed by atoms with Gasteiger partial charge in [-0.15, -0.1) is 0 Å². The van der Waals surface area contributed by atoms with Gasteiger partial charge < -0.3 is 10.1 Å². The molecule has 3 aliphatic rings. The molecule has 34 heavy (non-hydrogen) atoms. The number of imide groups is 1. The number of nitrogens with one attached hydrogen (secondary N) is 2. The molecular formula is C24H34FN3O5S. The van der Waals surface area contributed by atoms with E-state index in [-0.39, 0.29) is 41.7 Å². The van der Waals surface area contributed by atoms with E-state index in [0.717, 1.165) is 31.2 Å². The average Bonchev–Trinajstić information content (AvgIpc) is 3.49. The molecule has 4 rings (SSSR count). The monoisotopic (exact) mass is 495 g/mol. The summed E-state index contributed by atoms with van der Waals surface area (Å²) in [6.45, 7) is 3.36. The van der Waals surface area contributed by atoms with E-state index in [2.05, 4.69) is 10.6 Å². The molecule has 0 aromatic heterocycles. The van der Waals surface area contributed by atoms with Crippen molar-refractivity contribution in [2.24, 2.45) is 5.92 Å². The van der Waals surface area contributed by atoms with Gasteiger partial charge in [0.15, 0.2) is 11.6 Å². The van der Waals surface area contributed by atoms with Crippen molar-refractivity contribution in [3.05, 3.63) is 29.6 Å². The molecule has 2 N–H and O–H groups in total. The minimum atomic E-state index is -3.49. The van der Waals surface area contributed by atoms with E-state index in [4.69, 9.17) is 4.74 Å². The maximum Gasteiger partial charge on any atom is 0.243 e. The van der Waals surface area contributed by atoms with E-state index in [0.29, 0.717) is 38.5 Å². The third-order valence-electron chi connectivity index (χ3n) is 7.04. The second-order valence-corrected chi connectivity index (χ2v) is 11.7. The highest BCUT2D eigenvalue weighted by molar-refractivity contribution is 7.89. The predicted octanol–water partition coefficient (Wildman–Crippen LogP) is 2.30. The Bertz CT molecular complexity index is 1010. The van der Waals surface area contributed by atoms with Crippen molar-refractivity contribution < 1.29 is 27.1 Å². The van der Waals surface area contributed by atoms with E-state index in [1.54, 1.807) is 16.4 Å². The van der Waals surface area contributed by atoms with Crippen LogP contribution in [0.25, 0.3) is 0 Å². The molecule has 2 heterocycles. The van der Waals surface area contributed by atoms with Crippen LogP contribution in [-0.2, 0) is 19.6 Å². The van der Waals surface area contributed by atoms with Crippen molar-refractivity contribution in [3.63, 3.8) is 0 Å². The molecule has 0 radical (unpaired) electrons. The van der Waals surface area contributed by atoms with E-state index in [9.17, 15) is 22.4 Å². The number of carbonyl (C=O) groups is 2. The summed E-state index contributed by atoms with van der Waals surface area (Å²) in [4.78, 5) is 23.1. The van der Waals surface area contributed by atoms with Crippen LogP contribution in [0.1, 0.15) is 63.4 Å². The number of ether oxygens (including phenoxy) is 1. The van der Waals surface area contributed by atoms with Gasteiger partial charge in [0.2, 0.25) is 21.8 Å². The molecule has 3 atom stereocenters. The summed E-state index contributed by atoms with van der Waals surface area (Å²) >= 11 is 0. The third kappa shape index (κ3) is 6.14. The van der Waals surface area contributed by atoms with Crippen molar-refractivity contribution in [2.45, 2.75) is 69.9 Å². The van der Waals surface area contributed by atoms with Gasteiger partial charge in [0.05, 0.1) is 18.4 Å². The minimum Gasteiger partial charge on any atom is -0.490 e. The first kappa shape index (κ1) is 25.1. The van der Waals surface area contributed by atoms with Gasteiger partial charge >= 0.3 is 0 Å². The lowest BCUT2D eigenvalue weighted by Crippen LogP contribution is -2.51. The molecule has 1 aromatic carbocycles. The lowest BCUT2D eigenvalue weighted by Gasteiger charge is -2.29. The van der Waals surface area contributed by atoms with Crippen LogP contribution in [0.15, 0.2) is 18.2 Å². The van der Waals surface area contributed by atoms with Crippen LogP contribution in [0.2, 0.25) is 0 Å². The summed E-state index contributed by atoms with van der Waals surface area (Å²) in [5.41, 5.74) is 0.874.